The molecular formula is C14H15FN2O3. The van der Waals surface area contributed by atoms with Gasteiger partial charge in [0.25, 0.3) is 0 Å². The highest BCUT2D eigenvalue weighted by atomic mass is 19.1. The third kappa shape index (κ3) is 2.26. The Morgan fingerprint density at radius 1 is 1.35 bits per heavy atom. The average Bonchev–Trinajstić information content (AvgIpc) is 3.03. The van der Waals surface area contributed by atoms with E-state index in [9.17, 15) is 19.3 Å². The molecule has 1 amide bonds. The molecular weight excluding hydrogens is 263 g/mol. The third-order valence-corrected chi connectivity index (χ3v) is 4.49. The van der Waals surface area contributed by atoms with Crippen LogP contribution in [0.1, 0.15) is 25.7 Å². The number of rotatable bonds is 3. The molecule has 0 radical (unpaired) electrons. The van der Waals surface area contributed by atoms with Crippen molar-refractivity contribution in [2.24, 2.45) is 17.8 Å². The van der Waals surface area contributed by atoms with Crippen molar-refractivity contribution < 1.29 is 14.1 Å². The zero-order valence-corrected chi connectivity index (χ0v) is 10.8. The standard InChI is InChI=1S/C14H15FN2O3/c15-12-4-3-10(7-13(12)17(19)20)16-14(18)11-6-8-1-2-9(11)5-8/h3-4,7-9,11H,1-2,5-6H2,(H,16,18)/t8-,9-,11+/m1/s1. The van der Waals surface area contributed by atoms with Gasteiger partial charge >= 0.3 is 5.69 Å². The molecule has 0 saturated heterocycles. The van der Waals surface area contributed by atoms with Gasteiger partial charge in [0.05, 0.1) is 4.92 Å². The van der Waals surface area contributed by atoms with Crippen LogP contribution in [0.4, 0.5) is 15.8 Å². The first-order valence-corrected chi connectivity index (χ1v) is 6.79. The molecule has 5 nitrogen and oxygen atoms in total. The fourth-order valence-electron chi connectivity index (χ4n) is 3.53. The third-order valence-electron chi connectivity index (χ3n) is 4.49. The summed E-state index contributed by atoms with van der Waals surface area (Å²) in [7, 11) is 0. The smallest absolute Gasteiger partial charge is 0.306 e. The molecule has 2 aliphatic carbocycles. The summed E-state index contributed by atoms with van der Waals surface area (Å²) in [6.45, 7) is 0. The van der Waals surface area contributed by atoms with Crippen LogP contribution >= 0.6 is 0 Å². The first-order chi connectivity index (χ1) is 9.54. The summed E-state index contributed by atoms with van der Waals surface area (Å²) in [6.07, 6.45) is 4.31. The van der Waals surface area contributed by atoms with Crippen molar-refractivity contribution in [2.75, 3.05) is 5.32 Å². The van der Waals surface area contributed by atoms with Gasteiger partial charge in [0.15, 0.2) is 0 Å². The monoisotopic (exact) mass is 278 g/mol. The van der Waals surface area contributed by atoms with E-state index in [0.29, 0.717) is 11.8 Å². The van der Waals surface area contributed by atoms with Crippen LogP contribution in [0.15, 0.2) is 18.2 Å². The first kappa shape index (κ1) is 13.0. The highest BCUT2D eigenvalue weighted by molar-refractivity contribution is 5.93. The Labute approximate surface area is 115 Å². The van der Waals surface area contributed by atoms with Gasteiger partial charge in [-0.2, -0.15) is 4.39 Å². The van der Waals surface area contributed by atoms with E-state index in [1.807, 2.05) is 0 Å². The van der Waals surface area contributed by atoms with Gasteiger partial charge in [-0.15, -0.1) is 0 Å². The molecule has 1 aromatic rings. The number of amides is 1. The number of hydrogen-bond donors (Lipinski definition) is 1. The van der Waals surface area contributed by atoms with Gasteiger partial charge < -0.3 is 5.32 Å². The fraction of sp³-hybridized carbons (Fsp3) is 0.500. The zero-order valence-electron chi connectivity index (χ0n) is 10.8. The number of carbonyl (C=O) groups is 1. The zero-order chi connectivity index (χ0) is 14.3. The molecule has 2 fully saturated rings. The number of carbonyl (C=O) groups excluding carboxylic acids is 1. The lowest BCUT2D eigenvalue weighted by Crippen LogP contribution is -2.27. The van der Waals surface area contributed by atoms with Gasteiger partial charge in [-0.3, -0.25) is 14.9 Å². The van der Waals surface area contributed by atoms with Crippen molar-refractivity contribution in [1.29, 1.82) is 0 Å². The second-order valence-electron chi connectivity index (χ2n) is 5.69. The summed E-state index contributed by atoms with van der Waals surface area (Å²) in [5.74, 6) is 0.0950. The molecule has 2 bridgehead atoms. The minimum atomic E-state index is -0.895. The molecule has 0 aromatic heterocycles. The Hall–Kier alpha value is -1.98. The maximum absolute atomic E-state index is 13.2. The molecule has 0 unspecified atom stereocenters. The summed E-state index contributed by atoms with van der Waals surface area (Å²) in [6, 6.07) is 3.43. The lowest BCUT2D eigenvalue weighted by molar-refractivity contribution is -0.387. The minimum Gasteiger partial charge on any atom is -0.326 e. The molecule has 2 aliphatic rings. The molecule has 1 aromatic carbocycles. The molecule has 3 rings (SSSR count). The Morgan fingerprint density at radius 2 is 2.15 bits per heavy atom. The molecule has 2 saturated carbocycles. The molecule has 3 atom stereocenters. The second-order valence-corrected chi connectivity index (χ2v) is 5.69. The maximum Gasteiger partial charge on any atom is 0.306 e. The molecule has 0 heterocycles. The van der Waals surface area contributed by atoms with Crippen LogP contribution in [-0.4, -0.2) is 10.8 Å². The van der Waals surface area contributed by atoms with E-state index < -0.39 is 16.4 Å². The summed E-state index contributed by atoms with van der Waals surface area (Å²) in [5, 5.41) is 13.4. The average molecular weight is 278 g/mol. The van der Waals surface area contributed by atoms with Gasteiger partial charge in [-0.1, -0.05) is 6.42 Å². The molecule has 0 spiro atoms. The van der Waals surface area contributed by atoms with E-state index in [-0.39, 0.29) is 17.5 Å². The van der Waals surface area contributed by atoms with E-state index in [1.54, 1.807) is 0 Å². The van der Waals surface area contributed by atoms with Crippen molar-refractivity contribution in [3.8, 4) is 0 Å². The molecule has 0 aliphatic heterocycles. The Kier molecular flexibility index (Phi) is 3.16. The number of nitro benzene ring substituents is 1. The van der Waals surface area contributed by atoms with E-state index in [0.717, 1.165) is 31.4 Å². The maximum atomic E-state index is 13.2. The minimum absolute atomic E-state index is 0.00198. The number of hydrogen-bond acceptors (Lipinski definition) is 3. The van der Waals surface area contributed by atoms with E-state index in [4.69, 9.17) is 0 Å². The van der Waals surface area contributed by atoms with Crippen LogP contribution in [-0.2, 0) is 4.79 Å². The summed E-state index contributed by atoms with van der Waals surface area (Å²) < 4.78 is 13.2. The quantitative estimate of drug-likeness (QED) is 0.682. The first-order valence-electron chi connectivity index (χ1n) is 6.79. The molecule has 20 heavy (non-hydrogen) atoms. The second kappa shape index (κ2) is 4.85. The van der Waals surface area contributed by atoms with Crippen LogP contribution in [0.25, 0.3) is 0 Å². The predicted octanol–water partition coefficient (Wildman–Crippen LogP) is 3.11. The number of benzene rings is 1. The Bertz CT molecular complexity index is 576. The Morgan fingerprint density at radius 3 is 2.75 bits per heavy atom. The topological polar surface area (TPSA) is 72.2 Å². The van der Waals surface area contributed by atoms with Crippen molar-refractivity contribution in [1.82, 2.24) is 0 Å². The van der Waals surface area contributed by atoms with Crippen LogP contribution in [0.5, 0.6) is 0 Å². The van der Waals surface area contributed by atoms with Crippen LogP contribution in [0.2, 0.25) is 0 Å². The SMILES string of the molecule is O=C(Nc1ccc(F)c([N+](=O)[O-])c1)[C@H]1C[C@@H]2CC[C@@H]1C2. The number of anilines is 1. The number of halogens is 1. The van der Waals surface area contributed by atoms with E-state index in [1.165, 1.54) is 12.5 Å². The highest BCUT2D eigenvalue weighted by Gasteiger charge is 2.43. The normalized spacial score (nSPS) is 27.6. The summed E-state index contributed by atoms with van der Waals surface area (Å²) in [5.41, 5.74) is -0.332. The summed E-state index contributed by atoms with van der Waals surface area (Å²) in [4.78, 5) is 22.1. The van der Waals surface area contributed by atoms with Gasteiger partial charge in [0.1, 0.15) is 0 Å². The highest BCUT2D eigenvalue weighted by Crippen LogP contribution is 2.48. The molecule has 1 N–H and O–H groups in total. The summed E-state index contributed by atoms with van der Waals surface area (Å²) >= 11 is 0. The van der Waals surface area contributed by atoms with Crippen molar-refractivity contribution in [2.45, 2.75) is 25.7 Å². The number of fused-ring (bicyclic) bond motifs is 2. The van der Waals surface area contributed by atoms with Crippen molar-refractivity contribution in [3.05, 3.63) is 34.1 Å². The van der Waals surface area contributed by atoms with Gasteiger partial charge in [-0.25, -0.2) is 0 Å². The van der Waals surface area contributed by atoms with Crippen LogP contribution in [0.3, 0.4) is 0 Å². The largest absolute Gasteiger partial charge is 0.326 e. The fourth-order valence-corrected chi connectivity index (χ4v) is 3.53. The van der Waals surface area contributed by atoms with Gasteiger partial charge in [0.2, 0.25) is 11.7 Å². The van der Waals surface area contributed by atoms with Crippen LogP contribution in [0, 0.1) is 33.7 Å². The van der Waals surface area contributed by atoms with E-state index >= 15 is 0 Å². The number of nitrogens with zero attached hydrogens (tertiary/aromatic N) is 1. The van der Waals surface area contributed by atoms with E-state index in [2.05, 4.69) is 5.32 Å². The lowest BCUT2D eigenvalue weighted by atomic mass is 9.88. The van der Waals surface area contributed by atoms with Gasteiger partial charge in [-0.05, 0) is 43.2 Å². The Balaban J connectivity index is 1.73. The van der Waals surface area contributed by atoms with Crippen molar-refractivity contribution >= 4 is 17.3 Å². The van der Waals surface area contributed by atoms with Crippen LogP contribution < -0.4 is 5.32 Å². The number of nitro groups is 1. The van der Waals surface area contributed by atoms with Gasteiger partial charge in [0, 0.05) is 17.7 Å². The predicted molar refractivity (Wildman–Crippen MR) is 70.6 cm³/mol. The lowest BCUT2D eigenvalue weighted by Gasteiger charge is -2.20. The molecule has 106 valence electrons. The van der Waals surface area contributed by atoms with Crippen molar-refractivity contribution in [3.63, 3.8) is 0 Å². The number of nitrogens with one attached hydrogen (secondary N) is 1. The molecule has 6 heteroatoms.